The molecule has 3 rings (SSSR count). The summed E-state index contributed by atoms with van der Waals surface area (Å²) in [5.41, 5.74) is 1.45. The number of hydrogen-bond acceptors (Lipinski definition) is 2. The minimum atomic E-state index is -0.879. The summed E-state index contributed by atoms with van der Waals surface area (Å²) in [6.45, 7) is 3.18. The highest BCUT2D eigenvalue weighted by Gasteiger charge is 2.28. The monoisotopic (exact) mass is 412 g/mol. The normalized spacial score (nSPS) is 20.1. The number of nitrogens with one attached hydrogen (secondary N) is 2. The Kier molecular flexibility index (Phi) is 7.89. The van der Waals surface area contributed by atoms with Crippen LogP contribution in [-0.2, 0) is 4.79 Å². The standard InChI is InChI=1S/C21H23F3N2O.ClH/c1-13(14-3-2-4-16(22)10-14)9-21(27)26-20-12-25-8-7-17(20)15-5-6-18(23)19(24)11-15;/h2-6,10-11,13,17,20,25H,7-9,12H2,1H3,(H,26,27);1H. The number of carbonyl (C=O) groups is 1. The topological polar surface area (TPSA) is 41.1 Å². The smallest absolute Gasteiger partial charge is 0.220 e. The maximum atomic E-state index is 13.6. The summed E-state index contributed by atoms with van der Waals surface area (Å²) in [4.78, 5) is 12.5. The third-order valence-corrected chi connectivity index (χ3v) is 5.11. The van der Waals surface area contributed by atoms with Gasteiger partial charge in [-0.2, -0.15) is 0 Å². The Bertz CT molecular complexity index is 818. The van der Waals surface area contributed by atoms with Gasteiger partial charge in [0.1, 0.15) is 5.82 Å². The fraction of sp³-hybridized carbons (Fsp3) is 0.381. The minimum absolute atomic E-state index is 0. The van der Waals surface area contributed by atoms with Gasteiger partial charge in [0.2, 0.25) is 5.91 Å². The predicted octanol–water partition coefficient (Wildman–Crippen LogP) is 4.28. The van der Waals surface area contributed by atoms with Crippen molar-refractivity contribution in [3.63, 3.8) is 0 Å². The first-order valence-electron chi connectivity index (χ1n) is 9.14. The molecule has 28 heavy (non-hydrogen) atoms. The van der Waals surface area contributed by atoms with Crippen LogP contribution in [0.5, 0.6) is 0 Å². The van der Waals surface area contributed by atoms with E-state index in [4.69, 9.17) is 0 Å². The van der Waals surface area contributed by atoms with E-state index < -0.39 is 11.6 Å². The van der Waals surface area contributed by atoms with Crippen LogP contribution in [0.2, 0.25) is 0 Å². The molecule has 1 fully saturated rings. The third-order valence-electron chi connectivity index (χ3n) is 5.11. The van der Waals surface area contributed by atoms with Gasteiger partial charge in [-0.1, -0.05) is 25.1 Å². The lowest BCUT2D eigenvalue weighted by Gasteiger charge is -2.33. The van der Waals surface area contributed by atoms with Crippen LogP contribution in [0, 0.1) is 17.5 Å². The molecule has 0 aromatic heterocycles. The summed E-state index contributed by atoms with van der Waals surface area (Å²) in [5.74, 6) is -2.44. The van der Waals surface area contributed by atoms with Crippen LogP contribution in [0.3, 0.4) is 0 Å². The lowest BCUT2D eigenvalue weighted by atomic mass is 9.85. The van der Waals surface area contributed by atoms with Gasteiger partial charge >= 0.3 is 0 Å². The first-order valence-corrected chi connectivity index (χ1v) is 9.14. The summed E-state index contributed by atoms with van der Waals surface area (Å²) in [6.07, 6.45) is 0.944. The molecule has 0 aliphatic carbocycles. The molecule has 1 aliphatic rings. The van der Waals surface area contributed by atoms with E-state index in [0.29, 0.717) is 12.1 Å². The van der Waals surface area contributed by atoms with Crippen molar-refractivity contribution in [2.75, 3.05) is 13.1 Å². The molecule has 2 N–H and O–H groups in total. The van der Waals surface area contributed by atoms with Crippen molar-refractivity contribution < 1.29 is 18.0 Å². The fourth-order valence-corrected chi connectivity index (χ4v) is 3.63. The van der Waals surface area contributed by atoms with Crippen LogP contribution in [0.25, 0.3) is 0 Å². The van der Waals surface area contributed by atoms with Gasteiger partial charge in [-0.05, 0) is 54.3 Å². The maximum Gasteiger partial charge on any atom is 0.220 e. The Morgan fingerprint density at radius 3 is 2.68 bits per heavy atom. The molecule has 3 nitrogen and oxygen atoms in total. The lowest BCUT2D eigenvalue weighted by molar-refractivity contribution is -0.122. The van der Waals surface area contributed by atoms with Crippen molar-refractivity contribution in [3.05, 3.63) is 71.0 Å². The van der Waals surface area contributed by atoms with Crippen LogP contribution in [-0.4, -0.2) is 25.0 Å². The highest BCUT2D eigenvalue weighted by molar-refractivity contribution is 5.85. The Morgan fingerprint density at radius 1 is 1.18 bits per heavy atom. The number of piperidine rings is 1. The molecule has 2 aromatic rings. The van der Waals surface area contributed by atoms with Crippen molar-refractivity contribution in [1.82, 2.24) is 10.6 Å². The first kappa shape index (κ1) is 22.2. The second-order valence-electron chi connectivity index (χ2n) is 7.11. The molecule has 2 aromatic carbocycles. The molecule has 1 aliphatic heterocycles. The molecular weight excluding hydrogens is 389 g/mol. The van der Waals surface area contributed by atoms with Crippen LogP contribution in [0.4, 0.5) is 13.2 Å². The van der Waals surface area contributed by atoms with E-state index >= 15 is 0 Å². The van der Waals surface area contributed by atoms with Gasteiger partial charge in [0.15, 0.2) is 11.6 Å². The number of carbonyl (C=O) groups excluding carboxylic acids is 1. The summed E-state index contributed by atoms with van der Waals surface area (Å²) in [6, 6.07) is 9.92. The molecule has 3 atom stereocenters. The van der Waals surface area contributed by atoms with Gasteiger partial charge < -0.3 is 10.6 Å². The van der Waals surface area contributed by atoms with Crippen LogP contribution >= 0.6 is 12.4 Å². The summed E-state index contributed by atoms with van der Waals surface area (Å²) < 4.78 is 40.2. The zero-order chi connectivity index (χ0) is 19.4. The van der Waals surface area contributed by atoms with E-state index in [2.05, 4.69) is 10.6 Å². The lowest BCUT2D eigenvalue weighted by Crippen LogP contribution is -2.50. The number of hydrogen-bond donors (Lipinski definition) is 2. The fourth-order valence-electron chi connectivity index (χ4n) is 3.63. The maximum absolute atomic E-state index is 13.6. The molecule has 0 bridgehead atoms. The summed E-state index contributed by atoms with van der Waals surface area (Å²) in [7, 11) is 0. The zero-order valence-electron chi connectivity index (χ0n) is 15.6. The van der Waals surface area contributed by atoms with E-state index in [1.54, 1.807) is 18.2 Å². The average Bonchev–Trinajstić information content (AvgIpc) is 2.64. The van der Waals surface area contributed by atoms with Gasteiger partial charge in [-0.15, -0.1) is 12.4 Å². The van der Waals surface area contributed by atoms with Gasteiger partial charge in [-0.3, -0.25) is 4.79 Å². The van der Waals surface area contributed by atoms with Crippen LogP contribution in [0.1, 0.15) is 42.7 Å². The Morgan fingerprint density at radius 2 is 1.96 bits per heavy atom. The molecule has 0 spiro atoms. The molecule has 3 unspecified atom stereocenters. The molecule has 7 heteroatoms. The minimum Gasteiger partial charge on any atom is -0.351 e. The number of benzene rings is 2. The van der Waals surface area contributed by atoms with Gasteiger partial charge in [0.05, 0.1) is 0 Å². The first-order chi connectivity index (χ1) is 12.9. The quantitative estimate of drug-likeness (QED) is 0.769. The Hall–Kier alpha value is -2.05. The van der Waals surface area contributed by atoms with Crippen LogP contribution in [0.15, 0.2) is 42.5 Å². The van der Waals surface area contributed by atoms with Gasteiger partial charge in [-0.25, -0.2) is 13.2 Å². The van der Waals surface area contributed by atoms with Crippen molar-refractivity contribution in [3.8, 4) is 0 Å². The highest BCUT2D eigenvalue weighted by atomic mass is 35.5. The van der Waals surface area contributed by atoms with Crippen molar-refractivity contribution in [2.24, 2.45) is 0 Å². The van der Waals surface area contributed by atoms with Gasteiger partial charge in [0.25, 0.3) is 0 Å². The van der Waals surface area contributed by atoms with Gasteiger partial charge in [0, 0.05) is 24.9 Å². The molecule has 1 amide bonds. The number of rotatable bonds is 5. The molecule has 0 radical (unpaired) electrons. The molecule has 152 valence electrons. The summed E-state index contributed by atoms with van der Waals surface area (Å²) in [5, 5.41) is 6.23. The van der Waals surface area contributed by atoms with Crippen LogP contribution < -0.4 is 10.6 Å². The molecule has 1 heterocycles. The molecule has 0 saturated carbocycles. The second-order valence-corrected chi connectivity index (χ2v) is 7.11. The Labute approximate surface area is 169 Å². The van der Waals surface area contributed by atoms with E-state index in [1.807, 2.05) is 6.92 Å². The molecular formula is C21H24ClF3N2O. The number of amides is 1. The van der Waals surface area contributed by atoms with Crippen molar-refractivity contribution >= 4 is 18.3 Å². The highest BCUT2D eigenvalue weighted by Crippen LogP contribution is 2.27. The third kappa shape index (κ3) is 5.49. The largest absolute Gasteiger partial charge is 0.351 e. The van der Waals surface area contributed by atoms with E-state index in [0.717, 1.165) is 24.6 Å². The SMILES string of the molecule is CC(CC(=O)NC1CNCCC1c1ccc(F)c(F)c1)c1cccc(F)c1.Cl. The second kappa shape index (κ2) is 9.94. The summed E-state index contributed by atoms with van der Waals surface area (Å²) >= 11 is 0. The average molecular weight is 413 g/mol. The molecule has 1 saturated heterocycles. The van der Waals surface area contributed by atoms with E-state index in [9.17, 15) is 18.0 Å². The van der Waals surface area contributed by atoms with Crippen molar-refractivity contribution in [2.45, 2.75) is 37.6 Å². The van der Waals surface area contributed by atoms with E-state index in [-0.39, 0.29) is 48.4 Å². The van der Waals surface area contributed by atoms with E-state index in [1.165, 1.54) is 18.2 Å². The predicted molar refractivity (Wildman–Crippen MR) is 105 cm³/mol. The zero-order valence-corrected chi connectivity index (χ0v) is 16.4. The van der Waals surface area contributed by atoms with Crippen molar-refractivity contribution in [1.29, 1.82) is 0 Å². The number of halogens is 4. The Balaban J connectivity index is 0.00000280.